The van der Waals surface area contributed by atoms with Crippen LogP contribution in [0.5, 0.6) is 0 Å². The summed E-state index contributed by atoms with van der Waals surface area (Å²) in [5, 5.41) is 3.60. The third-order valence-electron chi connectivity index (χ3n) is 4.67. The number of fused-ring (bicyclic) bond motifs is 1. The van der Waals surface area contributed by atoms with Crippen molar-refractivity contribution in [1.29, 1.82) is 0 Å². The van der Waals surface area contributed by atoms with Gasteiger partial charge >= 0.3 is 0 Å². The van der Waals surface area contributed by atoms with Gasteiger partial charge < -0.3 is 10.2 Å². The Morgan fingerprint density at radius 1 is 0.950 bits per heavy atom. The van der Waals surface area contributed by atoms with Crippen LogP contribution in [0, 0.1) is 0 Å². The summed E-state index contributed by atoms with van der Waals surface area (Å²) in [6.07, 6.45) is 9.39. The number of benzene rings is 1. The van der Waals surface area contributed by atoms with Crippen molar-refractivity contribution in [2.24, 2.45) is 0 Å². The number of hydrogen-bond acceptors (Lipinski definition) is 2. The first-order valence-electron chi connectivity index (χ1n) is 8.44. The van der Waals surface area contributed by atoms with Crippen molar-refractivity contribution in [2.75, 3.05) is 26.2 Å². The second-order valence-corrected chi connectivity index (χ2v) is 6.40. The Balaban J connectivity index is 1.31. The van der Waals surface area contributed by atoms with Crippen LogP contribution in [0.1, 0.15) is 43.2 Å². The molecular weight excluding hydrogens is 244 g/mol. The van der Waals surface area contributed by atoms with Crippen LogP contribution in [0.4, 0.5) is 0 Å². The summed E-state index contributed by atoms with van der Waals surface area (Å²) in [4.78, 5) is 2.66. The molecule has 2 aliphatic rings. The molecule has 1 N–H and O–H groups in total. The number of hydrogen-bond donors (Lipinski definition) is 1. The summed E-state index contributed by atoms with van der Waals surface area (Å²) in [5.41, 5.74) is 3.15. The highest BCUT2D eigenvalue weighted by molar-refractivity contribution is 5.28. The second kappa shape index (κ2) is 7.24. The quantitative estimate of drug-likeness (QED) is 0.768. The Hall–Kier alpha value is -0.860. The zero-order valence-corrected chi connectivity index (χ0v) is 12.6. The van der Waals surface area contributed by atoms with Crippen LogP contribution in [-0.2, 0) is 12.8 Å². The Morgan fingerprint density at radius 2 is 1.65 bits per heavy atom. The monoisotopic (exact) mass is 272 g/mol. The molecule has 0 aromatic heterocycles. The number of nitrogens with zero attached hydrogens (tertiary/aromatic N) is 1. The molecule has 1 saturated carbocycles. The van der Waals surface area contributed by atoms with Crippen molar-refractivity contribution < 1.29 is 0 Å². The highest BCUT2D eigenvalue weighted by Gasteiger charge is 2.19. The van der Waals surface area contributed by atoms with E-state index in [9.17, 15) is 0 Å². The van der Waals surface area contributed by atoms with Crippen LogP contribution in [0.2, 0.25) is 0 Å². The lowest BCUT2D eigenvalue weighted by Crippen LogP contribution is -2.27. The van der Waals surface area contributed by atoms with Crippen molar-refractivity contribution in [3.63, 3.8) is 0 Å². The Labute approximate surface area is 123 Å². The van der Waals surface area contributed by atoms with Crippen LogP contribution in [0.3, 0.4) is 0 Å². The predicted molar refractivity (Wildman–Crippen MR) is 85.2 cm³/mol. The summed E-state index contributed by atoms with van der Waals surface area (Å²) in [7, 11) is 0. The molecule has 0 unspecified atom stereocenters. The summed E-state index contributed by atoms with van der Waals surface area (Å²) >= 11 is 0. The fourth-order valence-electron chi connectivity index (χ4n) is 3.17. The molecule has 0 amide bonds. The Morgan fingerprint density at radius 3 is 2.30 bits per heavy atom. The van der Waals surface area contributed by atoms with E-state index in [-0.39, 0.29) is 0 Å². The SMILES string of the molecule is c1ccc2c(c1)CCN(CCCCCNC1CC1)CC2. The molecule has 0 radical (unpaired) electrons. The first kappa shape index (κ1) is 14.1. The molecule has 3 rings (SSSR count). The molecule has 1 aromatic carbocycles. The van der Waals surface area contributed by atoms with Gasteiger partial charge in [-0.2, -0.15) is 0 Å². The molecule has 0 atom stereocenters. The van der Waals surface area contributed by atoms with Crippen molar-refractivity contribution in [1.82, 2.24) is 10.2 Å². The first-order chi connectivity index (χ1) is 9.92. The molecule has 0 spiro atoms. The van der Waals surface area contributed by atoms with Gasteiger partial charge in [-0.3, -0.25) is 0 Å². The van der Waals surface area contributed by atoms with Crippen LogP contribution >= 0.6 is 0 Å². The minimum Gasteiger partial charge on any atom is -0.314 e. The standard InChI is InChI=1S/C18H28N2/c1(4-12-19-18-8-9-18)5-13-20-14-10-16-6-2-3-7-17(16)11-15-20/h2-3,6-7,18-19H,1,4-5,8-15H2. The number of rotatable bonds is 7. The summed E-state index contributed by atoms with van der Waals surface area (Å²) in [6.45, 7) is 5.02. The van der Waals surface area contributed by atoms with E-state index in [1.807, 2.05) is 0 Å². The Bertz CT molecular complexity index is 385. The molecular formula is C18H28N2. The maximum atomic E-state index is 3.60. The van der Waals surface area contributed by atoms with Crippen LogP contribution in [0.15, 0.2) is 24.3 Å². The molecule has 1 heterocycles. The average Bonchev–Trinajstić information content (AvgIpc) is 3.30. The van der Waals surface area contributed by atoms with E-state index in [1.165, 1.54) is 71.1 Å². The minimum atomic E-state index is 0.874. The minimum absolute atomic E-state index is 0.874. The summed E-state index contributed by atoms with van der Waals surface area (Å²) < 4.78 is 0. The van der Waals surface area contributed by atoms with E-state index < -0.39 is 0 Å². The van der Waals surface area contributed by atoms with Gasteiger partial charge in [0.05, 0.1) is 0 Å². The lowest BCUT2D eigenvalue weighted by Gasteiger charge is -2.19. The smallest absolute Gasteiger partial charge is 0.00682 e. The lowest BCUT2D eigenvalue weighted by atomic mass is 10.0. The van der Waals surface area contributed by atoms with E-state index in [1.54, 1.807) is 11.1 Å². The van der Waals surface area contributed by atoms with Gasteiger partial charge in [0.2, 0.25) is 0 Å². The largest absolute Gasteiger partial charge is 0.314 e. The Kier molecular flexibility index (Phi) is 5.10. The first-order valence-corrected chi connectivity index (χ1v) is 8.44. The van der Waals surface area contributed by atoms with Gasteiger partial charge in [0.25, 0.3) is 0 Å². The van der Waals surface area contributed by atoms with Crippen molar-refractivity contribution in [2.45, 2.75) is 51.0 Å². The molecule has 2 heteroatoms. The molecule has 1 fully saturated rings. The molecule has 110 valence electrons. The zero-order chi connectivity index (χ0) is 13.6. The van der Waals surface area contributed by atoms with Gasteiger partial charge in [-0.1, -0.05) is 30.7 Å². The number of nitrogens with one attached hydrogen (secondary N) is 1. The maximum Gasteiger partial charge on any atom is 0.00682 e. The van der Waals surface area contributed by atoms with Gasteiger partial charge in [0.1, 0.15) is 0 Å². The van der Waals surface area contributed by atoms with Gasteiger partial charge in [-0.05, 0) is 62.7 Å². The molecule has 0 bridgehead atoms. The van der Waals surface area contributed by atoms with E-state index >= 15 is 0 Å². The molecule has 1 aliphatic carbocycles. The van der Waals surface area contributed by atoms with Crippen molar-refractivity contribution in [3.8, 4) is 0 Å². The van der Waals surface area contributed by atoms with Crippen LogP contribution in [-0.4, -0.2) is 37.1 Å². The van der Waals surface area contributed by atoms with E-state index in [4.69, 9.17) is 0 Å². The zero-order valence-electron chi connectivity index (χ0n) is 12.6. The highest BCUT2D eigenvalue weighted by Crippen LogP contribution is 2.18. The summed E-state index contributed by atoms with van der Waals surface area (Å²) in [6, 6.07) is 9.85. The van der Waals surface area contributed by atoms with E-state index in [2.05, 4.69) is 34.5 Å². The van der Waals surface area contributed by atoms with Crippen molar-refractivity contribution in [3.05, 3.63) is 35.4 Å². The van der Waals surface area contributed by atoms with Gasteiger partial charge in [-0.15, -0.1) is 0 Å². The third kappa shape index (κ3) is 4.32. The highest BCUT2D eigenvalue weighted by atomic mass is 15.1. The second-order valence-electron chi connectivity index (χ2n) is 6.40. The molecule has 0 saturated heterocycles. The average molecular weight is 272 g/mol. The van der Waals surface area contributed by atoms with E-state index in [0.29, 0.717) is 0 Å². The fourth-order valence-corrected chi connectivity index (χ4v) is 3.17. The normalized spacial score (nSPS) is 19.6. The van der Waals surface area contributed by atoms with Gasteiger partial charge in [0.15, 0.2) is 0 Å². The molecule has 20 heavy (non-hydrogen) atoms. The van der Waals surface area contributed by atoms with Gasteiger partial charge in [0, 0.05) is 19.1 Å². The van der Waals surface area contributed by atoms with Gasteiger partial charge in [-0.25, -0.2) is 0 Å². The summed E-state index contributed by atoms with van der Waals surface area (Å²) in [5.74, 6) is 0. The number of unbranched alkanes of at least 4 members (excludes halogenated alkanes) is 2. The third-order valence-corrected chi connectivity index (χ3v) is 4.67. The fraction of sp³-hybridized carbons (Fsp3) is 0.667. The van der Waals surface area contributed by atoms with Crippen molar-refractivity contribution >= 4 is 0 Å². The van der Waals surface area contributed by atoms with Crippen LogP contribution in [0.25, 0.3) is 0 Å². The maximum absolute atomic E-state index is 3.60. The molecule has 1 aliphatic heterocycles. The topological polar surface area (TPSA) is 15.3 Å². The van der Waals surface area contributed by atoms with E-state index in [0.717, 1.165) is 6.04 Å². The molecule has 1 aromatic rings. The lowest BCUT2D eigenvalue weighted by molar-refractivity contribution is 0.280. The van der Waals surface area contributed by atoms with Crippen LogP contribution < -0.4 is 5.32 Å². The predicted octanol–water partition coefficient (Wildman–Crippen LogP) is 3.01. The molecule has 2 nitrogen and oxygen atoms in total.